The van der Waals surface area contributed by atoms with Crippen LogP contribution in [0.15, 0.2) is 0 Å². The standard InChI is InChI=1S/C8H13NO6S/c1-16(13,14)5-2-6(7(10)11)9-3-4-15-8(9)12/h6H,2-5H2,1H3,(H,10,11). The predicted octanol–water partition coefficient (Wildman–Crippen LogP) is -0.673. The molecule has 0 radical (unpaired) electrons. The van der Waals surface area contributed by atoms with E-state index in [2.05, 4.69) is 4.74 Å². The van der Waals surface area contributed by atoms with E-state index in [0.29, 0.717) is 0 Å². The second-order valence-corrected chi connectivity index (χ2v) is 5.84. The van der Waals surface area contributed by atoms with Gasteiger partial charge in [0.2, 0.25) is 0 Å². The van der Waals surface area contributed by atoms with E-state index >= 15 is 0 Å². The first-order chi connectivity index (χ1) is 7.31. The van der Waals surface area contributed by atoms with Crippen LogP contribution in [0.3, 0.4) is 0 Å². The zero-order valence-corrected chi connectivity index (χ0v) is 9.57. The highest BCUT2D eigenvalue weighted by atomic mass is 32.2. The second-order valence-electron chi connectivity index (χ2n) is 3.58. The number of sulfone groups is 1. The van der Waals surface area contributed by atoms with Gasteiger partial charge in [0.1, 0.15) is 22.5 Å². The van der Waals surface area contributed by atoms with Gasteiger partial charge in [0.15, 0.2) is 0 Å². The molecule has 0 bridgehead atoms. The van der Waals surface area contributed by atoms with Crippen molar-refractivity contribution in [3.05, 3.63) is 0 Å². The lowest BCUT2D eigenvalue weighted by Crippen LogP contribution is -2.42. The molecule has 0 aliphatic carbocycles. The van der Waals surface area contributed by atoms with Crippen molar-refractivity contribution in [2.45, 2.75) is 12.5 Å². The van der Waals surface area contributed by atoms with Crippen LogP contribution in [0.2, 0.25) is 0 Å². The molecule has 0 spiro atoms. The minimum Gasteiger partial charge on any atom is -0.480 e. The van der Waals surface area contributed by atoms with Gasteiger partial charge in [-0.2, -0.15) is 0 Å². The average Bonchev–Trinajstić information content (AvgIpc) is 2.50. The maximum absolute atomic E-state index is 11.1. The van der Waals surface area contributed by atoms with Gasteiger partial charge in [-0.15, -0.1) is 0 Å². The van der Waals surface area contributed by atoms with Gasteiger partial charge >= 0.3 is 12.1 Å². The maximum Gasteiger partial charge on any atom is 0.410 e. The highest BCUT2D eigenvalue weighted by Crippen LogP contribution is 2.13. The number of nitrogens with zero attached hydrogens (tertiary/aromatic N) is 1. The van der Waals surface area contributed by atoms with Crippen molar-refractivity contribution < 1.29 is 27.9 Å². The van der Waals surface area contributed by atoms with Crippen LogP contribution in [-0.4, -0.2) is 61.7 Å². The number of carboxylic acid groups (broad SMARTS) is 1. The van der Waals surface area contributed by atoms with Gasteiger partial charge < -0.3 is 9.84 Å². The summed E-state index contributed by atoms with van der Waals surface area (Å²) in [5.74, 6) is -1.49. The van der Waals surface area contributed by atoms with Gasteiger partial charge in [0.25, 0.3) is 0 Å². The minimum atomic E-state index is -3.24. The number of aliphatic carboxylic acids is 1. The Hall–Kier alpha value is -1.31. The van der Waals surface area contributed by atoms with Crippen LogP contribution in [0.4, 0.5) is 4.79 Å². The normalized spacial score (nSPS) is 18.3. The third-order valence-electron chi connectivity index (χ3n) is 2.22. The van der Waals surface area contributed by atoms with Crippen LogP contribution in [-0.2, 0) is 19.4 Å². The molecule has 1 fully saturated rings. The lowest BCUT2D eigenvalue weighted by Gasteiger charge is -2.21. The summed E-state index contributed by atoms with van der Waals surface area (Å²) in [6.07, 6.45) is 0.193. The Morgan fingerprint density at radius 2 is 2.25 bits per heavy atom. The number of amides is 1. The average molecular weight is 251 g/mol. The molecular weight excluding hydrogens is 238 g/mol. The van der Waals surface area contributed by atoms with Gasteiger partial charge in [-0.1, -0.05) is 0 Å². The summed E-state index contributed by atoms with van der Waals surface area (Å²) in [4.78, 5) is 23.1. The van der Waals surface area contributed by atoms with Crippen LogP contribution in [0, 0.1) is 0 Å². The lowest BCUT2D eigenvalue weighted by molar-refractivity contribution is -0.142. The fourth-order valence-electron chi connectivity index (χ4n) is 1.43. The number of cyclic esters (lactones) is 1. The summed E-state index contributed by atoms with van der Waals surface area (Å²) in [5.41, 5.74) is 0. The molecule has 1 unspecified atom stereocenters. The monoisotopic (exact) mass is 251 g/mol. The number of hydrogen-bond acceptors (Lipinski definition) is 5. The number of ether oxygens (including phenoxy) is 1. The molecule has 8 heteroatoms. The quantitative estimate of drug-likeness (QED) is 0.695. The molecule has 7 nitrogen and oxygen atoms in total. The SMILES string of the molecule is CS(=O)(=O)CCC(C(=O)O)N1CCOC1=O. The zero-order valence-electron chi connectivity index (χ0n) is 8.75. The third kappa shape index (κ3) is 3.37. The van der Waals surface area contributed by atoms with E-state index in [1.807, 2.05) is 0 Å². The molecule has 0 aromatic carbocycles. The van der Waals surface area contributed by atoms with Crippen molar-refractivity contribution in [1.82, 2.24) is 4.90 Å². The van der Waals surface area contributed by atoms with E-state index < -0.39 is 27.9 Å². The van der Waals surface area contributed by atoms with E-state index in [1.54, 1.807) is 0 Å². The molecule has 0 saturated carbocycles. The smallest absolute Gasteiger partial charge is 0.410 e. The van der Waals surface area contributed by atoms with Crippen LogP contribution in [0.25, 0.3) is 0 Å². The Bertz CT molecular complexity index is 389. The molecule has 0 aromatic heterocycles. The fourth-order valence-corrected chi connectivity index (χ4v) is 2.08. The maximum atomic E-state index is 11.1. The van der Waals surface area contributed by atoms with E-state index in [4.69, 9.17) is 5.11 Å². The lowest BCUT2D eigenvalue weighted by atomic mass is 10.2. The summed E-state index contributed by atoms with van der Waals surface area (Å²) in [5, 5.41) is 8.90. The van der Waals surface area contributed by atoms with Gasteiger partial charge in [-0.05, 0) is 6.42 Å². The molecule has 1 N–H and O–H groups in total. The van der Waals surface area contributed by atoms with Crippen LogP contribution in [0.1, 0.15) is 6.42 Å². The van der Waals surface area contributed by atoms with Crippen LogP contribution in [0.5, 0.6) is 0 Å². The molecule has 1 rings (SSSR count). The van der Waals surface area contributed by atoms with Gasteiger partial charge in [0.05, 0.1) is 12.3 Å². The van der Waals surface area contributed by atoms with Gasteiger partial charge in [-0.3, -0.25) is 4.90 Å². The highest BCUT2D eigenvalue weighted by molar-refractivity contribution is 7.90. The molecule has 1 amide bonds. The number of carbonyl (C=O) groups excluding carboxylic acids is 1. The summed E-state index contributed by atoms with van der Waals surface area (Å²) >= 11 is 0. The molecule has 0 aromatic rings. The Kier molecular flexibility index (Phi) is 3.74. The minimum absolute atomic E-state index is 0.122. The molecule has 1 aliphatic heterocycles. The van der Waals surface area contributed by atoms with E-state index in [0.717, 1.165) is 11.2 Å². The molecular formula is C8H13NO6S. The number of rotatable bonds is 5. The Balaban J connectivity index is 2.68. The van der Waals surface area contributed by atoms with E-state index in [1.165, 1.54) is 0 Å². The Morgan fingerprint density at radius 3 is 2.62 bits per heavy atom. The molecule has 1 aliphatic rings. The predicted molar refractivity (Wildman–Crippen MR) is 53.8 cm³/mol. The van der Waals surface area contributed by atoms with Crippen LogP contribution >= 0.6 is 0 Å². The third-order valence-corrected chi connectivity index (χ3v) is 3.19. The van der Waals surface area contributed by atoms with Gasteiger partial charge in [-0.25, -0.2) is 18.0 Å². The molecule has 1 atom stereocenters. The van der Waals surface area contributed by atoms with Gasteiger partial charge in [0, 0.05) is 6.26 Å². The van der Waals surface area contributed by atoms with Crippen molar-refractivity contribution >= 4 is 21.9 Å². The second kappa shape index (κ2) is 4.69. The van der Waals surface area contributed by atoms with Crippen molar-refractivity contribution in [1.29, 1.82) is 0 Å². The van der Waals surface area contributed by atoms with Crippen molar-refractivity contribution in [2.75, 3.05) is 25.2 Å². The molecule has 1 heterocycles. The van der Waals surface area contributed by atoms with E-state index in [-0.39, 0.29) is 25.3 Å². The Labute approximate surface area is 92.9 Å². The first-order valence-corrected chi connectivity index (χ1v) is 6.71. The first kappa shape index (κ1) is 12.8. The number of carbonyl (C=O) groups is 2. The van der Waals surface area contributed by atoms with Crippen molar-refractivity contribution in [3.8, 4) is 0 Å². The van der Waals surface area contributed by atoms with E-state index in [9.17, 15) is 18.0 Å². The molecule has 92 valence electrons. The van der Waals surface area contributed by atoms with Crippen molar-refractivity contribution in [2.24, 2.45) is 0 Å². The largest absolute Gasteiger partial charge is 0.480 e. The van der Waals surface area contributed by atoms with Crippen LogP contribution < -0.4 is 0 Å². The summed E-state index contributed by atoms with van der Waals surface area (Å²) in [7, 11) is -3.24. The molecule has 1 saturated heterocycles. The van der Waals surface area contributed by atoms with Crippen molar-refractivity contribution in [3.63, 3.8) is 0 Å². The topological polar surface area (TPSA) is 101 Å². The zero-order chi connectivity index (χ0) is 12.3. The number of hydrogen-bond donors (Lipinski definition) is 1. The fraction of sp³-hybridized carbons (Fsp3) is 0.750. The summed E-state index contributed by atoms with van der Waals surface area (Å²) in [6.45, 7) is 0.320. The Morgan fingerprint density at radius 1 is 1.62 bits per heavy atom. The number of carboxylic acids is 1. The molecule has 16 heavy (non-hydrogen) atoms. The first-order valence-electron chi connectivity index (χ1n) is 4.65. The summed E-state index contributed by atoms with van der Waals surface area (Å²) < 4.78 is 26.5. The highest BCUT2D eigenvalue weighted by Gasteiger charge is 2.34. The summed E-state index contributed by atoms with van der Waals surface area (Å²) in [6, 6.07) is -1.13.